The molecule has 0 atom stereocenters. The molecule has 1 aromatic rings. The molecular formula is C10H9N3. The molecule has 0 radical (unpaired) electrons. The molecule has 0 bridgehead atoms. The van der Waals surface area contributed by atoms with Crippen molar-refractivity contribution >= 4 is 6.08 Å². The Kier molecular flexibility index (Phi) is 2.18. The zero-order valence-electron chi connectivity index (χ0n) is 7.01. The quantitative estimate of drug-likeness (QED) is 0.692. The van der Waals surface area contributed by atoms with E-state index in [-0.39, 0.29) is 0 Å². The van der Waals surface area contributed by atoms with Gasteiger partial charge in [-0.1, -0.05) is 35.6 Å². The van der Waals surface area contributed by atoms with Gasteiger partial charge in [-0.15, -0.1) is 5.11 Å². The summed E-state index contributed by atoms with van der Waals surface area (Å²) in [6.07, 6.45) is 5.54. The lowest BCUT2D eigenvalue weighted by Crippen LogP contribution is -2.03. The Labute approximate surface area is 76.5 Å². The summed E-state index contributed by atoms with van der Waals surface area (Å²) in [6, 6.07) is 10.1. The van der Waals surface area contributed by atoms with Crippen LogP contribution in [0.15, 0.2) is 58.6 Å². The molecular weight excluding hydrogens is 162 g/mol. The molecule has 13 heavy (non-hydrogen) atoms. The average Bonchev–Trinajstić information content (AvgIpc) is 2.21. The van der Waals surface area contributed by atoms with Crippen molar-refractivity contribution in [3.05, 3.63) is 53.9 Å². The number of benzene rings is 1. The summed E-state index contributed by atoms with van der Waals surface area (Å²) < 4.78 is 0. The lowest BCUT2D eigenvalue weighted by atomic mass is 10.2. The Hall–Kier alpha value is -1.90. The van der Waals surface area contributed by atoms with Gasteiger partial charge in [-0.2, -0.15) is 0 Å². The molecule has 0 aliphatic carbocycles. The predicted octanol–water partition coefficient (Wildman–Crippen LogP) is 2.51. The molecule has 0 unspecified atom stereocenters. The molecule has 3 nitrogen and oxygen atoms in total. The maximum absolute atomic E-state index is 3.67. The number of nitrogens with zero attached hydrogens (tertiary/aromatic N) is 2. The molecule has 0 spiro atoms. The summed E-state index contributed by atoms with van der Waals surface area (Å²) in [4.78, 5) is 0. The van der Waals surface area contributed by atoms with Crippen molar-refractivity contribution in [2.75, 3.05) is 0 Å². The minimum atomic E-state index is 0.946. The summed E-state index contributed by atoms with van der Waals surface area (Å²) in [5.41, 5.74) is 4.89. The van der Waals surface area contributed by atoms with Gasteiger partial charge < -0.3 is 0 Å². The topological polar surface area (TPSA) is 36.8 Å². The van der Waals surface area contributed by atoms with Crippen LogP contribution in [0.25, 0.3) is 6.08 Å². The maximum atomic E-state index is 3.67. The Morgan fingerprint density at radius 3 is 2.69 bits per heavy atom. The first kappa shape index (κ1) is 7.73. The highest BCUT2D eigenvalue weighted by Gasteiger charge is 1.93. The smallest absolute Gasteiger partial charge is 0.0600 e. The van der Waals surface area contributed by atoms with Crippen LogP contribution in [0.1, 0.15) is 5.56 Å². The third-order valence-electron chi connectivity index (χ3n) is 1.68. The van der Waals surface area contributed by atoms with Gasteiger partial charge in [-0.25, -0.2) is 0 Å². The summed E-state index contributed by atoms with van der Waals surface area (Å²) in [5, 5.41) is 7.34. The monoisotopic (exact) mass is 171 g/mol. The van der Waals surface area contributed by atoms with Gasteiger partial charge in [-0.05, 0) is 17.7 Å². The Balaban J connectivity index is 2.21. The van der Waals surface area contributed by atoms with Crippen LogP contribution in [0.4, 0.5) is 0 Å². The standard InChI is InChI=1S/C10H9N3/c1-2-4-9(5-3-1)8-10-6-7-11-13-12-10/h1-8H,(H,11,12). The van der Waals surface area contributed by atoms with Gasteiger partial charge in [0.15, 0.2) is 0 Å². The van der Waals surface area contributed by atoms with Gasteiger partial charge >= 0.3 is 0 Å². The zero-order valence-corrected chi connectivity index (χ0v) is 7.01. The summed E-state index contributed by atoms with van der Waals surface area (Å²) >= 11 is 0. The summed E-state index contributed by atoms with van der Waals surface area (Å²) in [7, 11) is 0. The molecule has 2 rings (SSSR count). The first-order valence-corrected chi connectivity index (χ1v) is 4.04. The molecule has 64 valence electrons. The molecule has 1 aliphatic rings. The van der Waals surface area contributed by atoms with E-state index in [9.17, 15) is 0 Å². The van der Waals surface area contributed by atoms with Gasteiger partial charge in [-0.3, -0.25) is 5.43 Å². The van der Waals surface area contributed by atoms with Gasteiger partial charge in [0.1, 0.15) is 0 Å². The second-order valence-electron chi connectivity index (χ2n) is 2.65. The van der Waals surface area contributed by atoms with E-state index in [2.05, 4.69) is 15.8 Å². The van der Waals surface area contributed by atoms with Crippen LogP contribution in [0.5, 0.6) is 0 Å². The summed E-state index contributed by atoms with van der Waals surface area (Å²) in [5.74, 6) is 0. The molecule has 3 heteroatoms. The van der Waals surface area contributed by atoms with Crippen LogP contribution in [0, 0.1) is 0 Å². The molecule has 1 aromatic carbocycles. The van der Waals surface area contributed by atoms with E-state index >= 15 is 0 Å². The third kappa shape index (κ3) is 2.02. The minimum Gasteiger partial charge on any atom is -0.260 e. The first-order chi connectivity index (χ1) is 6.45. The average molecular weight is 171 g/mol. The molecule has 0 amide bonds. The SMILES string of the molecule is C1=CC(=Cc2ccccc2)NN=N1. The molecule has 0 saturated heterocycles. The van der Waals surface area contributed by atoms with E-state index < -0.39 is 0 Å². The number of hydrogen-bond acceptors (Lipinski definition) is 3. The van der Waals surface area contributed by atoms with Crippen molar-refractivity contribution in [3.63, 3.8) is 0 Å². The van der Waals surface area contributed by atoms with Crippen molar-refractivity contribution in [2.45, 2.75) is 0 Å². The highest BCUT2D eigenvalue weighted by molar-refractivity contribution is 5.55. The van der Waals surface area contributed by atoms with Crippen molar-refractivity contribution in [1.82, 2.24) is 5.43 Å². The van der Waals surface area contributed by atoms with E-state index in [0.29, 0.717) is 0 Å². The highest BCUT2D eigenvalue weighted by Crippen LogP contribution is 2.07. The van der Waals surface area contributed by atoms with E-state index in [0.717, 1.165) is 11.3 Å². The van der Waals surface area contributed by atoms with Crippen LogP contribution >= 0.6 is 0 Å². The van der Waals surface area contributed by atoms with Gasteiger partial charge in [0, 0.05) is 0 Å². The summed E-state index contributed by atoms with van der Waals surface area (Å²) in [6.45, 7) is 0. The van der Waals surface area contributed by atoms with Crippen molar-refractivity contribution in [2.24, 2.45) is 10.3 Å². The van der Waals surface area contributed by atoms with Crippen molar-refractivity contribution in [3.8, 4) is 0 Å². The highest BCUT2D eigenvalue weighted by atomic mass is 15.4. The number of hydrogen-bond donors (Lipinski definition) is 1. The number of nitrogens with one attached hydrogen (secondary N) is 1. The van der Waals surface area contributed by atoms with E-state index in [1.807, 2.05) is 42.5 Å². The van der Waals surface area contributed by atoms with Crippen molar-refractivity contribution in [1.29, 1.82) is 0 Å². The fourth-order valence-electron chi connectivity index (χ4n) is 1.08. The van der Waals surface area contributed by atoms with Crippen LogP contribution in [0.3, 0.4) is 0 Å². The molecule has 0 aromatic heterocycles. The lowest BCUT2D eigenvalue weighted by molar-refractivity contribution is 0.818. The number of allylic oxidation sites excluding steroid dienone is 1. The zero-order chi connectivity index (χ0) is 8.93. The number of rotatable bonds is 1. The molecule has 0 saturated carbocycles. The third-order valence-corrected chi connectivity index (χ3v) is 1.68. The normalized spacial score (nSPS) is 17.4. The molecule has 1 heterocycles. The lowest BCUT2D eigenvalue weighted by Gasteiger charge is -2.02. The second-order valence-corrected chi connectivity index (χ2v) is 2.65. The van der Waals surface area contributed by atoms with Crippen LogP contribution in [0.2, 0.25) is 0 Å². The molecule has 0 fully saturated rings. The van der Waals surface area contributed by atoms with Gasteiger partial charge in [0.2, 0.25) is 0 Å². The van der Waals surface area contributed by atoms with Gasteiger partial charge in [0.25, 0.3) is 0 Å². The van der Waals surface area contributed by atoms with Crippen molar-refractivity contribution < 1.29 is 0 Å². The Morgan fingerprint density at radius 2 is 2.00 bits per heavy atom. The Morgan fingerprint density at radius 1 is 1.15 bits per heavy atom. The fraction of sp³-hybridized carbons (Fsp3) is 0. The van der Waals surface area contributed by atoms with Gasteiger partial charge in [0.05, 0.1) is 11.9 Å². The fourth-order valence-corrected chi connectivity index (χ4v) is 1.08. The Bertz CT molecular complexity index is 363. The van der Waals surface area contributed by atoms with Crippen LogP contribution < -0.4 is 5.43 Å². The van der Waals surface area contributed by atoms with Crippen LogP contribution in [-0.4, -0.2) is 0 Å². The molecule has 1 N–H and O–H groups in total. The minimum absolute atomic E-state index is 0.946. The largest absolute Gasteiger partial charge is 0.260 e. The second kappa shape index (κ2) is 3.67. The maximum Gasteiger partial charge on any atom is 0.0600 e. The predicted molar refractivity (Wildman–Crippen MR) is 51.6 cm³/mol. The van der Waals surface area contributed by atoms with E-state index in [1.54, 1.807) is 6.20 Å². The van der Waals surface area contributed by atoms with E-state index in [4.69, 9.17) is 0 Å². The first-order valence-electron chi connectivity index (χ1n) is 4.04. The van der Waals surface area contributed by atoms with E-state index in [1.165, 1.54) is 0 Å². The molecule has 1 aliphatic heterocycles. The van der Waals surface area contributed by atoms with Crippen LogP contribution in [-0.2, 0) is 0 Å².